The van der Waals surface area contributed by atoms with Crippen LogP contribution in [0.1, 0.15) is 23.6 Å². The van der Waals surface area contributed by atoms with Gasteiger partial charge in [-0.2, -0.15) is 5.10 Å². The van der Waals surface area contributed by atoms with Crippen molar-refractivity contribution in [2.45, 2.75) is 30.2 Å². The van der Waals surface area contributed by atoms with Gasteiger partial charge in [-0.3, -0.25) is 4.68 Å². The van der Waals surface area contributed by atoms with Gasteiger partial charge in [-0.25, -0.2) is 17.5 Å². The Labute approximate surface area is 133 Å². The quantitative estimate of drug-likeness (QED) is 0.926. The third kappa shape index (κ3) is 2.76. The number of hydrogen-bond acceptors (Lipinski definition) is 3. The third-order valence-electron chi connectivity index (χ3n) is 3.74. The van der Waals surface area contributed by atoms with Crippen LogP contribution in [0.25, 0.3) is 0 Å². The third-order valence-corrected chi connectivity index (χ3v) is 5.93. The predicted molar refractivity (Wildman–Crippen MR) is 80.8 cm³/mol. The number of nitrogens with zero attached hydrogens (tertiary/aromatic N) is 2. The summed E-state index contributed by atoms with van der Waals surface area (Å²) in [5.74, 6) is -0.335. The van der Waals surface area contributed by atoms with Gasteiger partial charge in [0.05, 0.1) is 5.69 Å². The average Bonchev–Trinajstić information content (AvgIpc) is 3.10. The first kappa shape index (κ1) is 15.5. The lowest BCUT2D eigenvalue weighted by Gasteiger charge is -2.06. The van der Waals surface area contributed by atoms with Crippen LogP contribution in [-0.4, -0.2) is 24.2 Å². The first-order chi connectivity index (χ1) is 10.3. The van der Waals surface area contributed by atoms with E-state index in [1.165, 1.54) is 16.8 Å². The Morgan fingerprint density at radius 2 is 2.18 bits per heavy atom. The van der Waals surface area contributed by atoms with Gasteiger partial charge >= 0.3 is 0 Å². The van der Waals surface area contributed by atoms with Crippen LogP contribution in [-0.2, 0) is 17.1 Å². The molecule has 0 unspecified atom stereocenters. The van der Waals surface area contributed by atoms with Gasteiger partial charge in [0, 0.05) is 19.0 Å². The van der Waals surface area contributed by atoms with E-state index >= 15 is 0 Å². The number of sulfonamides is 1. The van der Waals surface area contributed by atoms with E-state index in [9.17, 15) is 12.8 Å². The minimum absolute atomic E-state index is 0.00144. The largest absolute Gasteiger partial charge is 0.255 e. The summed E-state index contributed by atoms with van der Waals surface area (Å²) < 4.78 is 42.1. The van der Waals surface area contributed by atoms with Gasteiger partial charge in [-0.15, -0.1) is 0 Å². The number of halogens is 2. The number of benzene rings is 1. The van der Waals surface area contributed by atoms with Crippen molar-refractivity contribution < 1.29 is 12.8 Å². The lowest BCUT2D eigenvalue weighted by atomic mass is 10.1. The summed E-state index contributed by atoms with van der Waals surface area (Å²) in [5, 5.41) is 4.09. The first-order valence-electron chi connectivity index (χ1n) is 6.76. The number of hydrogen-bond donors (Lipinski definition) is 1. The summed E-state index contributed by atoms with van der Waals surface area (Å²) in [6.45, 7) is 1.59. The Kier molecular flexibility index (Phi) is 3.74. The summed E-state index contributed by atoms with van der Waals surface area (Å²) in [6, 6.07) is 5.97. The van der Waals surface area contributed by atoms with E-state index in [0.717, 1.165) is 5.56 Å². The predicted octanol–water partition coefficient (Wildman–Crippen LogP) is 2.36. The first-order valence-corrected chi connectivity index (χ1v) is 8.62. The second kappa shape index (κ2) is 5.33. The van der Waals surface area contributed by atoms with E-state index in [1.54, 1.807) is 26.1 Å². The molecule has 0 radical (unpaired) electrons. The van der Waals surface area contributed by atoms with Gasteiger partial charge in [0.15, 0.2) is 0 Å². The minimum atomic E-state index is -3.75. The van der Waals surface area contributed by atoms with Crippen LogP contribution in [0.3, 0.4) is 0 Å². The Balaban J connectivity index is 1.80. The van der Waals surface area contributed by atoms with Crippen molar-refractivity contribution in [3.05, 3.63) is 46.5 Å². The lowest BCUT2D eigenvalue weighted by molar-refractivity contribution is 0.579. The van der Waals surface area contributed by atoms with E-state index in [0.29, 0.717) is 12.1 Å². The fraction of sp³-hybridized carbons (Fsp3) is 0.357. The molecule has 118 valence electrons. The zero-order valence-corrected chi connectivity index (χ0v) is 13.6. The van der Waals surface area contributed by atoms with Gasteiger partial charge in [-0.05, 0) is 31.0 Å². The molecule has 2 atom stereocenters. The van der Waals surface area contributed by atoms with Crippen molar-refractivity contribution >= 4 is 21.6 Å². The Hall–Kier alpha value is -1.44. The van der Waals surface area contributed by atoms with Crippen molar-refractivity contribution in [2.24, 2.45) is 7.05 Å². The minimum Gasteiger partial charge on any atom is -0.255 e. The molecule has 8 heteroatoms. The van der Waals surface area contributed by atoms with Crippen LogP contribution in [0.5, 0.6) is 0 Å². The Morgan fingerprint density at radius 1 is 1.45 bits per heavy atom. The summed E-state index contributed by atoms with van der Waals surface area (Å²) >= 11 is 6.01. The molecule has 0 bridgehead atoms. The maximum atomic E-state index is 13.2. The standard InChI is InChI=1S/C14H15ClFN3O2S/c1-8-13(14(15)19(2)17-8)22(20,21)18-12-7-11(12)9-4-3-5-10(16)6-9/h3-6,11-12,18H,7H2,1-2H3/t11-,12-/m0/s1. The summed E-state index contributed by atoms with van der Waals surface area (Å²) in [7, 11) is -2.16. The lowest BCUT2D eigenvalue weighted by Crippen LogP contribution is -2.27. The van der Waals surface area contributed by atoms with Gasteiger partial charge < -0.3 is 0 Å². The monoisotopic (exact) mass is 343 g/mol. The topological polar surface area (TPSA) is 64.0 Å². The van der Waals surface area contributed by atoms with Crippen molar-refractivity contribution in [3.8, 4) is 0 Å². The molecule has 22 heavy (non-hydrogen) atoms. The van der Waals surface area contributed by atoms with Crippen LogP contribution in [0.15, 0.2) is 29.2 Å². The number of aryl methyl sites for hydroxylation is 2. The molecule has 0 spiro atoms. The van der Waals surface area contributed by atoms with Gasteiger partial charge in [0.2, 0.25) is 10.0 Å². The molecule has 0 amide bonds. The normalized spacial score (nSPS) is 21.1. The molecular weight excluding hydrogens is 329 g/mol. The van der Waals surface area contributed by atoms with E-state index < -0.39 is 10.0 Å². The molecule has 1 aliphatic rings. The molecular formula is C14H15ClFN3O2S. The summed E-state index contributed by atoms with van der Waals surface area (Å²) in [4.78, 5) is 0.00144. The fourth-order valence-electron chi connectivity index (χ4n) is 2.60. The zero-order chi connectivity index (χ0) is 16.1. The molecule has 0 aliphatic heterocycles. The molecule has 3 rings (SSSR count). The van der Waals surface area contributed by atoms with Crippen LogP contribution in [0.4, 0.5) is 4.39 Å². The van der Waals surface area contributed by atoms with Crippen LogP contribution < -0.4 is 4.72 Å². The molecule has 5 nitrogen and oxygen atoms in total. The number of rotatable bonds is 4. The van der Waals surface area contributed by atoms with Crippen molar-refractivity contribution in [1.82, 2.24) is 14.5 Å². The average molecular weight is 344 g/mol. The Morgan fingerprint density at radius 3 is 2.77 bits per heavy atom. The van der Waals surface area contributed by atoms with Gasteiger partial charge in [0.25, 0.3) is 0 Å². The fourth-order valence-corrected chi connectivity index (χ4v) is 4.64. The molecule has 1 aromatic carbocycles. The van der Waals surface area contributed by atoms with E-state index in [4.69, 9.17) is 11.6 Å². The molecule has 1 heterocycles. The van der Waals surface area contributed by atoms with Crippen molar-refractivity contribution in [2.75, 3.05) is 0 Å². The van der Waals surface area contributed by atoms with E-state index in [1.807, 2.05) is 0 Å². The SMILES string of the molecule is Cc1nn(C)c(Cl)c1S(=O)(=O)N[C@H]1C[C@H]1c1cccc(F)c1. The molecule has 1 aromatic heterocycles. The highest BCUT2D eigenvalue weighted by atomic mass is 35.5. The Bertz CT molecular complexity index is 835. The maximum absolute atomic E-state index is 13.2. The van der Waals surface area contributed by atoms with Crippen LogP contribution in [0.2, 0.25) is 5.15 Å². The molecule has 2 aromatic rings. The highest BCUT2D eigenvalue weighted by molar-refractivity contribution is 7.89. The van der Waals surface area contributed by atoms with Crippen LogP contribution in [0, 0.1) is 12.7 Å². The maximum Gasteiger partial charge on any atom is 0.245 e. The van der Waals surface area contributed by atoms with Crippen molar-refractivity contribution in [3.63, 3.8) is 0 Å². The van der Waals surface area contributed by atoms with Crippen LogP contribution >= 0.6 is 11.6 Å². The molecule has 1 saturated carbocycles. The molecule has 1 aliphatic carbocycles. The summed E-state index contributed by atoms with van der Waals surface area (Å²) in [6.07, 6.45) is 0.639. The van der Waals surface area contributed by atoms with Crippen molar-refractivity contribution in [1.29, 1.82) is 0 Å². The molecule has 1 N–H and O–H groups in total. The molecule has 1 fully saturated rings. The van der Waals surface area contributed by atoms with E-state index in [-0.39, 0.29) is 27.8 Å². The zero-order valence-electron chi connectivity index (χ0n) is 12.0. The second-order valence-corrected chi connectivity index (χ2v) is 7.46. The number of aromatic nitrogens is 2. The number of nitrogens with one attached hydrogen (secondary N) is 1. The van der Waals surface area contributed by atoms with Gasteiger partial charge in [0.1, 0.15) is 15.9 Å². The molecule has 0 saturated heterocycles. The van der Waals surface area contributed by atoms with E-state index in [2.05, 4.69) is 9.82 Å². The summed E-state index contributed by atoms with van der Waals surface area (Å²) in [5.41, 5.74) is 1.14. The van der Waals surface area contributed by atoms with Gasteiger partial charge in [-0.1, -0.05) is 23.7 Å². The smallest absolute Gasteiger partial charge is 0.245 e. The highest BCUT2D eigenvalue weighted by Gasteiger charge is 2.42. The highest BCUT2D eigenvalue weighted by Crippen LogP contribution is 2.42. The second-order valence-electron chi connectivity index (χ2n) is 5.45.